The number of nitrogens with one attached hydrogen (secondary N) is 1. The molecule has 3 aromatic rings. The molecule has 0 aliphatic rings. The quantitative estimate of drug-likeness (QED) is 0.716. The summed E-state index contributed by atoms with van der Waals surface area (Å²) in [6, 6.07) is 16.6. The first kappa shape index (κ1) is 15.6. The van der Waals surface area contributed by atoms with Gasteiger partial charge in [0.05, 0.1) is 12.8 Å². The maximum Gasteiger partial charge on any atom is 0.212 e. The lowest BCUT2D eigenvalue weighted by molar-refractivity contribution is 0.323. The number of benzene rings is 2. The smallest absolute Gasteiger partial charge is 0.212 e. The Hall–Kier alpha value is -2.26. The van der Waals surface area contributed by atoms with Crippen LogP contribution in [0.15, 0.2) is 54.7 Å². The third kappa shape index (κ3) is 4.14. The summed E-state index contributed by atoms with van der Waals surface area (Å²) in [4.78, 5) is 0. The lowest BCUT2D eigenvalue weighted by atomic mass is 10.0. The van der Waals surface area contributed by atoms with E-state index in [4.69, 9.17) is 16.3 Å². The zero-order valence-corrected chi connectivity index (χ0v) is 13.8. The van der Waals surface area contributed by atoms with Crippen LogP contribution in [0.1, 0.15) is 29.2 Å². The van der Waals surface area contributed by atoms with Crippen molar-refractivity contribution in [1.29, 1.82) is 0 Å². The van der Waals surface area contributed by atoms with Gasteiger partial charge in [0.2, 0.25) is 5.88 Å². The van der Waals surface area contributed by atoms with Crippen molar-refractivity contribution in [3.8, 4) is 5.88 Å². The first-order valence-electron chi connectivity index (χ1n) is 7.72. The van der Waals surface area contributed by atoms with E-state index in [2.05, 4.69) is 40.5 Å². The minimum Gasteiger partial charge on any atom is -0.478 e. The van der Waals surface area contributed by atoms with Crippen LogP contribution >= 0.6 is 11.6 Å². The summed E-state index contributed by atoms with van der Waals surface area (Å²) in [5.41, 5.74) is 4.80. The average Bonchev–Trinajstić information content (AvgIpc) is 2.95. The highest BCUT2D eigenvalue weighted by atomic mass is 35.5. The topological polar surface area (TPSA) is 37.9 Å². The van der Waals surface area contributed by atoms with Crippen LogP contribution in [0.3, 0.4) is 0 Å². The number of rotatable bonds is 6. The minimum atomic E-state index is 0.629. The van der Waals surface area contributed by atoms with Crippen molar-refractivity contribution in [3.05, 3.63) is 82.0 Å². The van der Waals surface area contributed by atoms with Crippen LogP contribution in [-0.2, 0) is 12.8 Å². The van der Waals surface area contributed by atoms with Gasteiger partial charge in [0.15, 0.2) is 0 Å². The molecular formula is C19H19ClN2O. The van der Waals surface area contributed by atoms with Crippen molar-refractivity contribution >= 4 is 11.6 Å². The molecule has 0 saturated heterocycles. The number of hydrogen-bond acceptors (Lipinski definition) is 2. The van der Waals surface area contributed by atoms with Crippen molar-refractivity contribution in [2.45, 2.75) is 19.8 Å². The monoisotopic (exact) mass is 326 g/mol. The molecule has 0 fully saturated rings. The predicted molar refractivity (Wildman–Crippen MR) is 93.3 cm³/mol. The fourth-order valence-electron chi connectivity index (χ4n) is 2.65. The molecule has 0 aliphatic carbocycles. The van der Waals surface area contributed by atoms with Crippen molar-refractivity contribution in [2.24, 2.45) is 0 Å². The number of H-pyrrole nitrogens is 1. The van der Waals surface area contributed by atoms with Gasteiger partial charge in [0, 0.05) is 17.0 Å². The van der Waals surface area contributed by atoms with E-state index in [1.165, 1.54) is 16.7 Å². The van der Waals surface area contributed by atoms with Gasteiger partial charge in [0.1, 0.15) is 0 Å². The second kappa shape index (κ2) is 7.34. The lowest BCUT2D eigenvalue weighted by Gasteiger charge is -2.07. The molecule has 4 heteroatoms. The first-order chi connectivity index (χ1) is 11.2. The van der Waals surface area contributed by atoms with Crippen LogP contribution in [-0.4, -0.2) is 16.8 Å². The summed E-state index contributed by atoms with van der Waals surface area (Å²) in [5, 5.41) is 7.75. The Bertz CT molecular complexity index is 782. The van der Waals surface area contributed by atoms with E-state index in [1.807, 2.05) is 31.3 Å². The van der Waals surface area contributed by atoms with Crippen molar-refractivity contribution in [1.82, 2.24) is 10.2 Å². The number of halogens is 1. The summed E-state index contributed by atoms with van der Waals surface area (Å²) in [6.45, 7) is 2.60. The Balaban J connectivity index is 1.76. The third-order valence-electron chi connectivity index (χ3n) is 3.65. The fraction of sp³-hybridized carbons (Fsp3) is 0.211. The molecule has 0 radical (unpaired) electrons. The molecule has 3 rings (SSSR count). The SMILES string of the molecule is CCOc1[nH]ncc1Cc1cccc(Cc2cccc(Cl)c2)c1. The Morgan fingerprint density at radius 3 is 2.43 bits per heavy atom. The highest BCUT2D eigenvalue weighted by Crippen LogP contribution is 2.20. The van der Waals surface area contributed by atoms with Gasteiger partial charge in [-0.2, -0.15) is 5.10 Å². The van der Waals surface area contributed by atoms with Crippen LogP contribution in [0.25, 0.3) is 0 Å². The first-order valence-corrected chi connectivity index (χ1v) is 8.09. The van der Waals surface area contributed by atoms with Crippen molar-refractivity contribution in [2.75, 3.05) is 6.61 Å². The maximum absolute atomic E-state index is 6.06. The Morgan fingerprint density at radius 1 is 1.00 bits per heavy atom. The molecular weight excluding hydrogens is 308 g/mol. The number of hydrogen-bond donors (Lipinski definition) is 1. The predicted octanol–water partition coefficient (Wildman–Crippen LogP) is 4.64. The van der Waals surface area contributed by atoms with Crippen molar-refractivity contribution in [3.63, 3.8) is 0 Å². The van der Waals surface area contributed by atoms with Crippen molar-refractivity contribution < 1.29 is 4.74 Å². The summed E-state index contributed by atoms with van der Waals surface area (Å²) >= 11 is 6.06. The highest BCUT2D eigenvalue weighted by Gasteiger charge is 2.07. The minimum absolute atomic E-state index is 0.629. The van der Waals surface area contributed by atoms with E-state index in [0.29, 0.717) is 6.61 Å². The van der Waals surface area contributed by atoms with Crippen LogP contribution in [0.2, 0.25) is 5.02 Å². The highest BCUT2D eigenvalue weighted by molar-refractivity contribution is 6.30. The number of aromatic amines is 1. The van der Waals surface area contributed by atoms with Gasteiger partial charge in [-0.25, -0.2) is 5.10 Å². The molecule has 118 valence electrons. The maximum atomic E-state index is 6.06. The van der Waals surface area contributed by atoms with Gasteiger partial charge in [0.25, 0.3) is 0 Å². The molecule has 0 amide bonds. The van der Waals surface area contributed by atoms with Crippen LogP contribution in [0, 0.1) is 0 Å². The molecule has 1 heterocycles. The molecule has 0 spiro atoms. The van der Waals surface area contributed by atoms with E-state index in [1.54, 1.807) is 0 Å². The lowest BCUT2D eigenvalue weighted by Crippen LogP contribution is -1.97. The van der Waals surface area contributed by atoms with Gasteiger partial charge in [-0.05, 0) is 42.2 Å². The molecule has 0 bridgehead atoms. The van der Waals surface area contributed by atoms with E-state index in [0.717, 1.165) is 29.3 Å². The summed E-state index contributed by atoms with van der Waals surface area (Å²) in [6.07, 6.45) is 3.50. The van der Waals surface area contributed by atoms with Crippen LogP contribution < -0.4 is 4.74 Å². The third-order valence-corrected chi connectivity index (χ3v) is 3.89. The van der Waals surface area contributed by atoms with Gasteiger partial charge >= 0.3 is 0 Å². The summed E-state index contributed by atoms with van der Waals surface area (Å²) in [7, 11) is 0. The molecule has 2 aromatic carbocycles. The Labute approximate surface area is 141 Å². The van der Waals surface area contributed by atoms with Crippen LogP contribution in [0.4, 0.5) is 0 Å². The molecule has 23 heavy (non-hydrogen) atoms. The molecule has 3 nitrogen and oxygen atoms in total. The van der Waals surface area contributed by atoms with Gasteiger partial charge in [-0.15, -0.1) is 0 Å². The van der Waals surface area contributed by atoms with Crippen LogP contribution in [0.5, 0.6) is 5.88 Å². The van der Waals surface area contributed by atoms with Gasteiger partial charge < -0.3 is 4.74 Å². The van der Waals surface area contributed by atoms with Gasteiger partial charge in [-0.3, -0.25) is 0 Å². The molecule has 0 saturated carbocycles. The molecule has 1 aromatic heterocycles. The second-order valence-electron chi connectivity index (χ2n) is 5.46. The summed E-state index contributed by atoms with van der Waals surface area (Å²) < 4.78 is 5.56. The second-order valence-corrected chi connectivity index (χ2v) is 5.90. The zero-order valence-electron chi connectivity index (χ0n) is 13.1. The van der Waals surface area contributed by atoms with Gasteiger partial charge in [-0.1, -0.05) is 48.0 Å². The van der Waals surface area contributed by atoms with E-state index in [9.17, 15) is 0 Å². The normalized spacial score (nSPS) is 10.7. The largest absolute Gasteiger partial charge is 0.478 e. The Morgan fingerprint density at radius 2 is 1.70 bits per heavy atom. The molecule has 0 atom stereocenters. The van der Waals surface area contributed by atoms with E-state index >= 15 is 0 Å². The average molecular weight is 327 g/mol. The molecule has 0 aliphatic heterocycles. The number of aromatic nitrogens is 2. The number of nitrogens with zero attached hydrogens (tertiary/aromatic N) is 1. The standard InChI is InChI=1S/C19H19ClN2O/c1-2-23-19-17(13-21-22-19)11-15-6-3-5-14(9-15)10-16-7-4-8-18(20)12-16/h3-9,12-13H,2,10-11H2,1H3,(H,21,22). The fourth-order valence-corrected chi connectivity index (χ4v) is 2.86. The zero-order chi connectivity index (χ0) is 16.1. The molecule has 1 N–H and O–H groups in total. The number of ether oxygens (including phenoxy) is 1. The Kier molecular flexibility index (Phi) is 4.99. The van der Waals surface area contributed by atoms with E-state index < -0.39 is 0 Å². The summed E-state index contributed by atoms with van der Waals surface area (Å²) in [5.74, 6) is 0.757. The molecule has 0 unspecified atom stereocenters. The van der Waals surface area contributed by atoms with E-state index in [-0.39, 0.29) is 0 Å².